The lowest BCUT2D eigenvalue weighted by atomic mass is 10.0. The van der Waals surface area contributed by atoms with Gasteiger partial charge in [-0.3, -0.25) is 9.59 Å². The van der Waals surface area contributed by atoms with E-state index in [0.717, 1.165) is 32.2 Å². The number of ether oxygens (including phenoxy) is 1. The minimum atomic E-state index is -0.101. The first-order valence-electron chi connectivity index (χ1n) is 9.09. The minimum absolute atomic E-state index is 0.00281. The van der Waals surface area contributed by atoms with E-state index in [2.05, 4.69) is 10.2 Å². The third-order valence-corrected chi connectivity index (χ3v) is 5.94. The Morgan fingerprint density at radius 2 is 2.00 bits per heavy atom. The fourth-order valence-electron chi connectivity index (χ4n) is 4.38. The highest BCUT2D eigenvalue weighted by molar-refractivity contribution is 6.30. The number of amides is 2. The average molecular weight is 363 g/mol. The number of hydrogen-bond acceptors (Lipinski definition) is 3. The zero-order valence-electron chi connectivity index (χ0n) is 14.1. The fraction of sp³-hybridized carbons (Fsp3) is 0.579. The molecule has 6 heteroatoms. The fourth-order valence-corrected chi connectivity index (χ4v) is 4.51. The molecular weight excluding hydrogens is 340 g/mol. The molecule has 0 radical (unpaired) electrons. The number of nitrogens with one attached hydrogen (secondary N) is 1. The summed E-state index contributed by atoms with van der Waals surface area (Å²) in [4.78, 5) is 26.4. The summed E-state index contributed by atoms with van der Waals surface area (Å²) in [7, 11) is 0. The Bertz CT molecular complexity index is 663. The molecule has 4 atom stereocenters. The van der Waals surface area contributed by atoms with Gasteiger partial charge in [-0.25, -0.2) is 0 Å². The van der Waals surface area contributed by atoms with Crippen LogP contribution in [0.25, 0.3) is 0 Å². The van der Waals surface area contributed by atoms with Gasteiger partial charge >= 0.3 is 0 Å². The molecule has 2 aliphatic carbocycles. The van der Waals surface area contributed by atoms with Crippen LogP contribution in [0, 0.1) is 11.8 Å². The average Bonchev–Trinajstić information content (AvgIpc) is 3.33. The van der Waals surface area contributed by atoms with Gasteiger partial charge in [0, 0.05) is 30.1 Å². The van der Waals surface area contributed by atoms with Crippen LogP contribution >= 0.6 is 11.6 Å². The zero-order valence-corrected chi connectivity index (χ0v) is 14.9. The molecule has 1 aromatic rings. The summed E-state index contributed by atoms with van der Waals surface area (Å²) in [5.74, 6) is 1.92. The van der Waals surface area contributed by atoms with Gasteiger partial charge < -0.3 is 15.0 Å². The number of rotatable bonds is 5. The summed E-state index contributed by atoms with van der Waals surface area (Å²) >= 11 is 5.83. The molecule has 0 spiro atoms. The molecule has 134 valence electrons. The quantitative estimate of drug-likeness (QED) is 0.876. The smallest absolute Gasteiger partial charge is 0.258 e. The van der Waals surface area contributed by atoms with Crippen molar-refractivity contribution >= 4 is 23.4 Å². The lowest BCUT2D eigenvalue weighted by Crippen LogP contribution is -2.45. The Balaban J connectivity index is 1.28. The van der Waals surface area contributed by atoms with E-state index < -0.39 is 0 Å². The number of halogens is 1. The maximum Gasteiger partial charge on any atom is 0.258 e. The summed E-state index contributed by atoms with van der Waals surface area (Å²) in [5, 5.41) is 3.75. The van der Waals surface area contributed by atoms with Crippen molar-refractivity contribution in [1.29, 1.82) is 0 Å². The van der Waals surface area contributed by atoms with E-state index in [0.29, 0.717) is 41.0 Å². The number of hydrogen-bond donors (Lipinski definition) is 1. The van der Waals surface area contributed by atoms with Crippen molar-refractivity contribution in [2.24, 2.45) is 11.8 Å². The second kappa shape index (κ2) is 6.87. The lowest BCUT2D eigenvalue weighted by Gasteiger charge is -2.34. The maximum absolute atomic E-state index is 12.2. The molecule has 0 bridgehead atoms. The molecule has 1 aromatic carbocycles. The number of benzene rings is 1. The molecule has 5 nitrogen and oxygen atoms in total. The summed E-state index contributed by atoms with van der Waals surface area (Å²) in [5.41, 5.74) is 0. The van der Waals surface area contributed by atoms with Gasteiger partial charge in [0.25, 0.3) is 5.91 Å². The molecule has 1 N–H and O–H groups in total. The van der Waals surface area contributed by atoms with E-state index in [1.165, 1.54) is 0 Å². The van der Waals surface area contributed by atoms with E-state index in [4.69, 9.17) is 16.3 Å². The summed E-state index contributed by atoms with van der Waals surface area (Å²) in [6.07, 6.45) is 4.80. The van der Waals surface area contributed by atoms with Gasteiger partial charge in [0.15, 0.2) is 6.61 Å². The van der Waals surface area contributed by atoms with Crippen molar-refractivity contribution in [3.8, 4) is 5.75 Å². The zero-order chi connectivity index (χ0) is 17.4. The number of fused-ring (bicyclic) bond motifs is 1. The minimum Gasteiger partial charge on any atom is -0.484 e. The topological polar surface area (TPSA) is 58.6 Å². The van der Waals surface area contributed by atoms with Gasteiger partial charge in [-0.2, -0.15) is 0 Å². The van der Waals surface area contributed by atoms with Gasteiger partial charge in [-0.1, -0.05) is 11.6 Å². The van der Waals surface area contributed by atoms with Crippen LogP contribution in [0.2, 0.25) is 5.02 Å². The predicted molar refractivity (Wildman–Crippen MR) is 94.4 cm³/mol. The van der Waals surface area contributed by atoms with Crippen LogP contribution in [0.1, 0.15) is 32.1 Å². The Labute approximate surface area is 152 Å². The standard InChI is InChI=1S/C19H23ClN2O3/c20-12-4-6-13(7-5-12)25-11-18(23)21-16-10-17(15-9-14(15)16)22-8-2-1-3-19(22)24/h4-7,14-17H,1-3,8-11H2,(H,21,23)/t14?,15?,16-,17+/m0/s1. The molecule has 3 fully saturated rings. The monoisotopic (exact) mass is 362 g/mol. The van der Waals surface area contributed by atoms with Gasteiger partial charge in [-0.15, -0.1) is 0 Å². The predicted octanol–water partition coefficient (Wildman–Crippen LogP) is 2.62. The van der Waals surface area contributed by atoms with Crippen molar-refractivity contribution < 1.29 is 14.3 Å². The van der Waals surface area contributed by atoms with E-state index in [9.17, 15) is 9.59 Å². The highest BCUT2D eigenvalue weighted by atomic mass is 35.5. The molecule has 25 heavy (non-hydrogen) atoms. The van der Waals surface area contributed by atoms with Crippen LogP contribution in [0.4, 0.5) is 0 Å². The Kier molecular flexibility index (Phi) is 4.59. The first-order valence-corrected chi connectivity index (χ1v) is 9.47. The van der Waals surface area contributed by atoms with Gasteiger partial charge in [-0.05, 0) is 61.8 Å². The number of likely N-dealkylation sites (tertiary alicyclic amines) is 1. The molecular formula is C19H23ClN2O3. The molecule has 0 aromatic heterocycles. The third-order valence-electron chi connectivity index (χ3n) is 5.69. The SMILES string of the molecule is O=C(COc1ccc(Cl)cc1)N[C@H]1C[C@@H](N2CCCCC2=O)C2CC21. The summed E-state index contributed by atoms with van der Waals surface area (Å²) in [6, 6.07) is 7.47. The van der Waals surface area contributed by atoms with Gasteiger partial charge in [0.05, 0.1) is 0 Å². The number of piperidine rings is 1. The molecule has 2 saturated carbocycles. The van der Waals surface area contributed by atoms with E-state index >= 15 is 0 Å². The Hall–Kier alpha value is -1.75. The highest BCUT2D eigenvalue weighted by Crippen LogP contribution is 2.54. The van der Waals surface area contributed by atoms with Crippen LogP contribution in [-0.4, -0.2) is 41.9 Å². The largest absolute Gasteiger partial charge is 0.484 e. The normalized spacial score (nSPS) is 30.8. The Morgan fingerprint density at radius 1 is 1.20 bits per heavy atom. The van der Waals surface area contributed by atoms with Crippen molar-refractivity contribution in [3.05, 3.63) is 29.3 Å². The van der Waals surface area contributed by atoms with Crippen LogP contribution in [0.15, 0.2) is 24.3 Å². The second-order valence-electron chi connectivity index (χ2n) is 7.33. The summed E-state index contributed by atoms with van der Waals surface area (Å²) < 4.78 is 5.51. The van der Waals surface area contributed by atoms with E-state index in [1.54, 1.807) is 24.3 Å². The molecule has 3 aliphatic rings. The highest BCUT2D eigenvalue weighted by Gasteiger charge is 2.57. The maximum atomic E-state index is 12.2. The van der Waals surface area contributed by atoms with Gasteiger partial charge in [0.2, 0.25) is 5.91 Å². The Morgan fingerprint density at radius 3 is 2.76 bits per heavy atom. The van der Waals surface area contributed by atoms with Crippen molar-refractivity contribution in [1.82, 2.24) is 10.2 Å². The van der Waals surface area contributed by atoms with Crippen molar-refractivity contribution in [3.63, 3.8) is 0 Å². The molecule has 1 saturated heterocycles. The van der Waals surface area contributed by atoms with Crippen LogP contribution < -0.4 is 10.1 Å². The first-order chi connectivity index (χ1) is 12.1. The number of carbonyl (C=O) groups excluding carboxylic acids is 2. The van der Waals surface area contributed by atoms with Crippen molar-refractivity contribution in [2.45, 2.75) is 44.2 Å². The van der Waals surface area contributed by atoms with Crippen LogP contribution in [0.3, 0.4) is 0 Å². The molecule has 1 heterocycles. The third kappa shape index (κ3) is 3.61. The molecule has 4 rings (SSSR count). The number of carbonyl (C=O) groups is 2. The van der Waals surface area contributed by atoms with Gasteiger partial charge in [0.1, 0.15) is 5.75 Å². The van der Waals surface area contributed by atoms with E-state index in [1.807, 2.05) is 0 Å². The van der Waals surface area contributed by atoms with E-state index in [-0.39, 0.29) is 18.6 Å². The molecule has 2 unspecified atom stereocenters. The lowest BCUT2D eigenvalue weighted by molar-refractivity contribution is -0.136. The summed E-state index contributed by atoms with van der Waals surface area (Å²) in [6.45, 7) is 0.885. The van der Waals surface area contributed by atoms with Crippen LogP contribution in [0.5, 0.6) is 5.75 Å². The molecule has 1 aliphatic heterocycles. The van der Waals surface area contributed by atoms with Crippen molar-refractivity contribution in [2.75, 3.05) is 13.2 Å². The second-order valence-corrected chi connectivity index (χ2v) is 7.76. The molecule has 2 amide bonds. The first kappa shape index (κ1) is 16.7. The number of nitrogens with zero attached hydrogens (tertiary/aromatic N) is 1. The van der Waals surface area contributed by atoms with Crippen LogP contribution in [-0.2, 0) is 9.59 Å².